The quantitative estimate of drug-likeness (QED) is 0.746. The van der Waals surface area contributed by atoms with Gasteiger partial charge >= 0.3 is 11.9 Å². The van der Waals surface area contributed by atoms with Gasteiger partial charge in [-0.15, -0.1) is 0 Å². The lowest BCUT2D eigenvalue weighted by atomic mass is 10.0. The molecule has 1 rings (SSSR count). The van der Waals surface area contributed by atoms with Gasteiger partial charge < -0.3 is 20.3 Å². The van der Waals surface area contributed by atoms with E-state index in [4.69, 9.17) is 10.8 Å². The molecular weight excluding hydrogens is 238 g/mol. The molecule has 1 atom stereocenters. The van der Waals surface area contributed by atoms with Gasteiger partial charge in [-0.25, -0.2) is 9.59 Å². The first-order valence-corrected chi connectivity index (χ1v) is 5.21. The number of methoxy groups -OCH3 is 2. The van der Waals surface area contributed by atoms with Crippen LogP contribution in [0.3, 0.4) is 0 Å². The summed E-state index contributed by atoms with van der Waals surface area (Å²) in [6, 6.07) is 3.61. The molecule has 0 radical (unpaired) electrons. The van der Waals surface area contributed by atoms with E-state index in [0.29, 0.717) is 5.56 Å². The Morgan fingerprint density at radius 3 is 1.94 bits per heavy atom. The van der Waals surface area contributed by atoms with Gasteiger partial charge in [0.15, 0.2) is 0 Å². The van der Waals surface area contributed by atoms with E-state index in [1.165, 1.54) is 32.4 Å². The summed E-state index contributed by atoms with van der Waals surface area (Å²) in [6.45, 7) is -0.300. The topological polar surface area (TPSA) is 98.9 Å². The van der Waals surface area contributed by atoms with E-state index in [1.807, 2.05) is 0 Å². The molecule has 0 aliphatic rings. The Bertz CT molecular complexity index is 424. The fourth-order valence-corrected chi connectivity index (χ4v) is 1.44. The number of esters is 2. The van der Waals surface area contributed by atoms with Crippen LogP contribution >= 0.6 is 0 Å². The van der Waals surface area contributed by atoms with Gasteiger partial charge in [0.25, 0.3) is 0 Å². The van der Waals surface area contributed by atoms with Gasteiger partial charge in [-0.1, -0.05) is 0 Å². The zero-order valence-electron chi connectivity index (χ0n) is 10.2. The van der Waals surface area contributed by atoms with Crippen LogP contribution in [0.1, 0.15) is 32.3 Å². The summed E-state index contributed by atoms with van der Waals surface area (Å²) in [7, 11) is 2.47. The third kappa shape index (κ3) is 3.06. The number of hydrogen-bond acceptors (Lipinski definition) is 6. The van der Waals surface area contributed by atoms with Crippen molar-refractivity contribution in [2.24, 2.45) is 5.73 Å². The molecule has 0 bridgehead atoms. The Hall–Kier alpha value is -1.92. The molecule has 0 aromatic heterocycles. The maximum atomic E-state index is 11.5. The number of aliphatic hydroxyl groups is 1. The van der Waals surface area contributed by atoms with E-state index in [-0.39, 0.29) is 17.7 Å². The molecule has 0 amide bonds. The van der Waals surface area contributed by atoms with E-state index in [1.54, 1.807) is 0 Å². The van der Waals surface area contributed by atoms with Crippen LogP contribution in [-0.4, -0.2) is 37.9 Å². The average Bonchev–Trinajstić information content (AvgIpc) is 2.43. The van der Waals surface area contributed by atoms with E-state index >= 15 is 0 Å². The van der Waals surface area contributed by atoms with Crippen LogP contribution in [0, 0.1) is 0 Å². The minimum absolute atomic E-state index is 0.180. The first kappa shape index (κ1) is 14.1. The largest absolute Gasteiger partial charge is 0.465 e. The number of aliphatic hydroxyl groups excluding tert-OH is 1. The minimum Gasteiger partial charge on any atom is -0.465 e. The fraction of sp³-hybridized carbons (Fsp3) is 0.333. The van der Waals surface area contributed by atoms with Gasteiger partial charge in [0.05, 0.1) is 38.0 Å². The van der Waals surface area contributed by atoms with Crippen molar-refractivity contribution in [3.8, 4) is 0 Å². The lowest BCUT2D eigenvalue weighted by Crippen LogP contribution is -2.17. The number of carbonyl (C=O) groups excluding carboxylic acids is 2. The van der Waals surface area contributed by atoms with Crippen LogP contribution in [0.5, 0.6) is 0 Å². The number of nitrogens with two attached hydrogens (primary N) is 1. The smallest absolute Gasteiger partial charge is 0.337 e. The highest BCUT2D eigenvalue weighted by molar-refractivity contribution is 5.95. The van der Waals surface area contributed by atoms with Gasteiger partial charge in [0.2, 0.25) is 0 Å². The molecule has 0 spiro atoms. The van der Waals surface area contributed by atoms with Crippen molar-refractivity contribution in [1.29, 1.82) is 0 Å². The zero-order valence-corrected chi connectivity index (χ0v) is 10.2. The summed E-state index contributed by atoms with van der Waals surface area (Å²) in [5.41, 5.74) is 6.48. The second-order valence-electron chi connectivity index (χ2n) is 3.62. The van der Waals surface area contributed by atoms with Gasteiger partial charge in [-0.2, -0.15) is 0 Å². The van der Waals surface area contributed by atoms with Gasteiger partial charge in [0.1, 0.15) is 0 Å². The fourth-order valence-electron chi connectivity index (χ4n) is 1.44. The normalized spacial score (nSPS) is 11.8. The summed E-state index contributed by atoms with van der Waals surface area (Å²) in [5, 5.41) is 9.00. The molecule has 1 aromatic carbocycles. The third-order valence-corrected chi connectivity index (χ3v) is 2.42. The Labute approximate surface area is 104 Å². The van der Waals surface area contributed by atoms with Crippen LogP contribution in [0.2, 0.25) is 0 Å². The molecule has 0 fully saturated rings. The average molecular weight is 253 g/mol. The van der Waals surface area contributed by atoms with Crippen molar-refractivity contribution in [3.05, 3.63) is 34.9 Å². The number of benzene rings is 1. The standard InChI is InChI=1S/C12H15NO5/c1-17-11(15)8-3-7(10(13)6-14)4-9(5-8)12(16)18-2/h3-5,10,14H,6,13H2,1-2H3/t10-/m0/s1. The summed E-state index contributed by atoms with van der Waals surface area (Å²) in [6.07, 6.45) is 0. The minimum atomic E-state index is -0.682. The Balaban J connectivity index is 3.28. The number of hydrogen-bond donors (Lipinski definition) is 2. The number of ether oxygens (including phenoxy) is 2. The molecule has 0 saturated carbocycles. The molecule has 0 saturated heterocycles. The Morgan fingerprint density at radius 1 is 1.17 bits per heavy atom. The van der Waals surface area contributed by atoms with E-state index in [2.05, 4.69) is 9.47 Å². The van der Waals surface area contributed by atoms with Crippen molar-refractivity contribution in [1.82, 2.24) is 0 Å². The predicted octanol–water partition coefficient (Wildman–Crippen LogP) is 0.252. The Morgan fingerprint density at radius 2 is 1.61 bits per heavy atom. The highest BCUT2D eigenvalue weighted by Crippen LogP contribution is 2.17. The van der Waals surface area contributed by atoms with Crippen LogP contribution in [0.25, 0.3) is 0 Å². The maximum absolute atomic E-state index is 11.5. The number of rotatable bonds is 4. The summed E-state index contributed by atoms with van der Waals surface area (Å²) < 4.78 is 9.16. The zero-order chi connectivity index (χ0) is 13.7. The van der Waals surface area contributed by atoms with E-state index < -0.39 is 18.0 Å². The first-order chi connectivity index (χ1) is 8.53. The van der Waals surface area contributed by atoms with Gasteiger partial charge in [-0.3, -0.25) is 0 Å². The predicted molar refractivity (Wildman–Crippen MR) is 63.1 cm³/mol. The second kappa shape index (κ2) is 6.13. The number of carbonyl (C=O) groups is 2. The van der Waals surface area contributed by atoms with Crippen LogP contribution in [-0.2, 0) is 9.47 Å². The first-order valence-electron chi connectivity index (χ1n) is 5.21. The molecule has 98 valence electrons. The SMILES string of the molecule is COC(=O)c1cc(C(=O)OC)cc([C@@H](N)CO)c1. The molecule has 0 aliphatic carbocycles. The van der Waals surface area contributed by atoms with E-state index in [0.717, 1.165) is 0 Å². The molecule has 0 heterocycles. The van der Waals surface area contributed by atoms with Crippen LogP contribution in [0.4, 0.5) is 0 Å². The lowest BCUT2D eigenvalue weighted by Gasteiger charge is -2.12. The third-order valence-electron chi connectivity index (χ3n) is 2.42. The molecule has 1 aromatic rings. The van der Waals surface area contributed by atoms with Crippen molar-refractivity contribution >= 4 is 11.9 Å². The molecule has 6 heteroatoms. The molecule has 6 nitrogen and oxygen atoms in total. The lowest BCUT2D eigenvalue weighted by molar-refractivity contribution is 0.0599. The van der Waals surface area contributed by atoms with E-state index in [9.17, 15) is 9.59 Å². The maximum Gasteiger partial charge on any atom is 0.337 e. The van der Waals surface area contributed by atoms with Crippen molar-refractivity contribution in [2.75, 3.05) is 20.8 Å². The summed E-state index contributed by atoms with van der Waals surface area (Å²) in [4.78, 5) is 22.9. The summed E-state index contributed by atoms with van der Waals surface area (Å²) in [5.74, 6) is -1.18. The van der Waals surface area contributed by atoms with Crippen LogP contribution in [0.15, 0.2) is 18.2 Å². The molecular formula is C12H15NO5. The second-order valence-corrected chi connectivity index (χ2v) is 3.62. The molecule has 0 unspecified atom stereocenters. The highest BCUT2D eigenvalue weighted by atomic mass is 16.5. The van der Waals surface area contributed by atoms with Crippen LogP contribution < -0.4 is 5.73 Å². The monoisotopic (exact) mass is 253 g/mol. The molecule has 0 aliphatic heterocycles. The molecule has 3 N–H and O–H groups in total. The van der Waals surface area contributed by atoms with Crippen molar-refractivity contribution in [3.63, 3.8) is 0 Å². The summed E-state index contributed by atoms with van der Waals surface area (Å²) >= 11 is 0. The van der Waals surface area contributed by atoms with Gasteiger partial charge in [-0.05, 0) is 23.8 Å². The highest BCUT2D eigenvalue weighted by Gasteiger charge is 2.16. The Kier molecular flexibility index (Phi) is 4.82. The van der Waals surface area contributed by atoms with Gasteiger partial charge in [0, 0.05) is 0 Å². The molecule has 18 heavy (non-hydrogen) atoms. The van der Waals surface area contributed by atoms with Crippen molar-refractivity contribution < 1.29 is 24.2 Å². The van der Waals surface area contributed by atoms with Crippen molar-refractivity contribution in [2.45, 2.75) is 6.04 Å².